The highest BCUT2D eigenvalue weighted by molar-refractivity contribution is 7.09. The average Bonchev–Trinajstić information content (AvgIpc) is 2.81. The molecule has 0 atom stereocenters. The van der Waals surface area contributed by atoms with Crippen molar-refractivity contribution in [2.75, 3.05) is 6.54 Å². The van der Waals surface area contributed by atoms with Crippen LogP contribution in [0.4, 0.5) is 0 Å². The minimum atomic E-state index is -0.291. The van der Waals surface area contributed by atoms with E-state index < -0.39 is 0 Å². The van der Waals surface area contributed by atoms with Crippen molar-refractivity contribution in [2.24, 2.45) is 0 Å². The highest BCUT2D eigenvalue weighted by atomic mass is 35.5. The van der Waals surface area contributed by atoms with Crippen LogP contribution in [0.3, 0.4) is 0 Å². The molecular weight excluding hydrogens is 270 g/mol. The molecule has 1 aromatic heterocycles. The number of thiophene rings is 1. The third-order valence-electron chi connectivity index (χ3n) is 2.44. The largest absolute Gasteiger partial charge is 0.507 e. The molecule has 2 aromatic rings. The summed E-state index contributed by atoms with van der Waals surface area (Å²) >= 11 is 7.36. The molecule has 5 heteroatoms. The summed E-state index contributed by atoms with van der Waals surface area (Å²) in [5.41, 5.74) is 0.241. The van der Waals surface area contributed by atoms with Crippen LogP contribution in [0.15, 0.2) is 35.7 Å². The van der Waals surface area contributed by atoms with E-state index in [1.165, 1.54) is 17.0 Å². The number of hydrogen-bond donors (Lipinski definition) is 2. The van der Waals surface area contributed by atoms with Crippen LogP contribution in [-0.2, 0) is 6.42 Å². The van der Waals surface area contributed by atoms with Gasteiger partial charge < -0.3 is 10.4 Å². The fourth-order valence-corrected chi connectivity index (χ4v) is 2.42. The highest BCUT2D eigenvalue weighted by Gasteiger charge is 2.10. The smallest absolute Gasteiger partial charge is 0.255 e. The molecule has 3 nitrogen and oxygen atoms in total. The van der Waals surface area contributed by atoms with E-state index in [1.807, 2.05) is 17.5 Å². The third kappa shape index (κ3) is 3.24. The number of aromatic hydroxyl groups is 1. The first-order chi connectivity index (χ1) is 8.66. The Balaban J connectivity index is 1.91. The van der Waals surface area contributed by atoms with Crippen LogP contribution in [0, 0.1) is 0 Å². The van der Waals surface area contributed by atoms with E-state index >= 15 is 0 Å². The zero-order valence-corrected chi connectivity index (χ0v) is 11.1. The van der Waals surface area contributed by atoms with Crippen molar-refractivity contribution in [3.63, 3.8) is 0 Å². The molecule has 0 unspecified atom stereocenters. The van der Waals surface area contributed by atoms with Gasteiger partial charge in [-0.05, 0) is 36.1 Å². The Morgan fingerprint density at radius 1 is 1.39 bits per heavy atom. The van der Waals surface area contributed by atoms with Gasteiger partial charge in [0, 0.05) is 16.4 Å². The Kier molecular flexibility index (Phi) is 4.23. The van der Waals surface area contributed by atoms with E-state index in [0.717, 1.165) is 6.42 Å². The Morgan fingerprint density at radius 2 is 2.22 bits per heavy atom. The normalized spacial score (nSPS) is 10.3. The first-order valence-electron chi connectivity index (χ1n) is 5.46. The van der Waals surface area contributed by atoms with E-state index in [4.69, 9.17) is 11.6 Å². The number of phenols is 1. The van der Waals surface area contributed by atoms with Crippen molar-refractivity contribution in [2.45, 2.75) is 6.42 Å². The summed E-state index contributed by atoms with van der Waals surface area (Å²) in [7, 11) is 0. The monoisotopic (exact) mass is 281 g/mol. The molecule has 18 heavy (non-hydrogen) atoms. The number of amides is 1. The molecule has 0 radical (unpaired) electrons. The van der Waals surface area contributed by atoms with E-state index in [9.17, 15) is 9.90 Å². The number of carbonyl (C=O) groups excluding carboxylic acids is 1. The number of phenolic OH excluding ortho intramolecular Hbond substituents is 1. The molecule has 0 saturated heterocycles. The van der Waals surface area contributed by atoms with Crippen molar-refractivity contribution >= 4 is 28.8 Å². The summed E-state index contributed by atoms with van der Waals surface area (Å²) in [5, 5.41) is 14.8. The Labute approximate surface area is 114 Å². The predicted molar refractivity (Wildman–Crippen MR) is 73.5 cm³/mol. The first kappa shape index (κ1) is 12.9. The lowest BCUT2D eigenvalue weighted by atomic mass is 10.2. The second-order valence-corrected chi connectivity index (χ2v) is 5.22. The van der Waals surface area contributed by atoms with Crippen molar-refractivity contribution in [1.29, 1.82) is 0 Å². The molecule has 0 saturated carbocycles. The molecule has 1 amide bonds. The van der Waals surface area contributed by atoms with Gasteiger partial charge >= 0.3 is 0 Å². The molecule has 2 rings (SSSR count). The molecule has 0 spiro atoms. The predicted octanol–water partition coefficient (Wildman–Crippen LogP) is 3.08. The lowest BCUT2D eigenvalue weighted by Crippen LogP contribution is -2.25. The third-order valence-corrected chi connectivity index (χ3v) is 3.61. The number of benzene rings is 1. The summed E-state index contributed by atoms with van der Waals surface area (Å²) in [5.74, 6) is -0.392. The van der Waals surface area contributed by atoms with E-state index in [-0.39, 0.29) is 17.2 Å². The van der Waals surface area contributed by atoms with E-state index in [0.29, 0.717) is 11.6 Å². The van der Waals surface area contributed by atoms with Crippen molar-refractivity contribution < 1.29 is 9.90 Å². The van der Waals surface area contributed by atoms with Gasteiger partial charge in [0.15, 0.2) is 0 Å². The van der Waals surface area contributed by atoms with Crippen molar-refractivity contribution in [3.05, 3.63) is 51.2 Å². The van der Waals surface area contributed by atoms with Gasteiger partial charge in [-0.3, -0.25) is 4.79 Å². The zero-order valence-electron chi connectivity index (χ0n) is 9.52. The summed E-state index contributed by atoms with van der Waals surface area (Å²) in [6.07, 6.45) is 0.789. The standard InChI is InChI=1S/C13H12ClNO2S/c14-9-3-4-11(12(16)8-9)13(17)15-6-5-10-2-1-7-18-10/h1-4,7-8,16H,5-6H2,(H,15,17). The highest BCUT2D eigenvalue weighted by Crippen LogP contribution is 2.21. The number of nitrogens with one attached hydrogen (secondary N) is 1. The number of halogens is 1. The molecule has 1 aromatic carbocycles. The van der Waals surface area contributed by atoms with Crippen LogP contribution in [0.5, 0.6) is 5.75 Å². The molecule has 0 aliphatic carbocycles. The molecule has 0 fully saturated rings. The quantitative estimate of drug-likeness (QED) is 0.905. The van der Waals surface area contributed by atoms with Crippen molar-refractivity contribution in [3.8, 4) is 5.75 Å². The van der Waals surface area contributed by atoms with Crippen LogP contribution in [0.1, 0.15) is 15.2 Å². The van der Waals surface area contributed by atoms with Gasteiger partial charge in [-0.15, -0.1) is 11.3 Å². The van der Waals surface area contributed by atoms with Crippen LogP contribution < -0.4 is 5.32 Å². The number of rotatable bonds is 4. The lowest BCUT2D eigenvalue weighted by molar-refractivity contribution is 0.0951. The molecule has 94 valence electrons. The van der Waals surface area contributed by atoms with Crippen LogP contribution >= 0.6 is 22.9 Å². The van der Waals surface area contributed by atoms with Gasteiger partial charge in [0.1, 0.15) is 5.75 Å². The van der Waals surface area contributed by atoms with E-state index in [1.54, 1.807) is 17.4 Å². The maximum Gasteiger partial charge on any atom is 0.255 e. The Hall–Kier alpha value is -1.52. The van der Waals surface area contributed by atoms with Gasteiger partial charge in [0.2, 0.25) is 0 Å². The Morgan fingerprint density at radius 3 is 2.89 bits per heavy atom. The first-order valence-corrected chi connectivity index (χ1v) is 6.71. The van der Waals surface area contributed by atoms with Gasteiger partial charge in [-0.1, -0.05) is 17.7 Å². The van der Waals surface area contributed by atoms with Gasteiger partial charge in [-0.2, -0.15) is 0 Å². The van der Waals surface area contributed by atoms with Crippen LogP contribution in [-0.4, -0.2) is 17.6 Å². The van der Waals surface area contributed by atoms with Gasteiger partial charge in [0.25, 0.3) is 5.91 Å². The summed E-state index contributed by atoms with van der Waals surface area (Å²) in [4.78, 5) is 13.0. The summed E-state index contributed by atoms with van der Waals surface area (Å²) in [6, 6.07) is 8.45. The number of carbonyl (C=O) groups is 1. The maximum absolute atomic E-state index is 11.8. The van der Waals surface area contributed by atoms with Crippen molar-refractivity contribution in [1.82, 2.24) is 5.32 Å². The summed E-state index contributed by atoms with van der Waals surface area (Å²) in [6.45, 7) is 0.543. The molecule has 0 aliphatic heterocycles. The fourth-order valence-electron chi connectivity index (χ4n) is 1.55. The molecule has 0 aliphatic rings. The number of hydrogen-bond acceptors (Lipinski definition) is 3. The average molecular weight is 282 g/mol. The fraction of sp³-hybridized carbons (Fsp3) is 0.154. The topological polar surface area (TPSA) is 49.3 Å². The Bertz CT molecular complexity index is 540. The summed E-state index contributed by atoms with van der Waals surface area (Å²) < 4.78 is 0. The minimum Gasteiger partial charge on any atom is -0.507 e. The molecule has 2 N–H and O–H groups in total. The minimum absolute atomic E-state index is 0.101. The second kappa shape index (κ2) is 5.89. The second-order valence-electron chi connectivity index (χ2n) is 3.75. The zero-order chi connectivity index (χ0) is 13.0. The maximum atomic E-state index is 11.8. The lowest BCUT2D eigenvalue weighted by Gasteiger charge is -2.06. The van der Waals surface area contributed by atoms with Crippen LogP contribution in [0.25, 0.3) is 0 Å². The van der Waals surface area contributed by atoms with Crippen LogP contribution in [0.2, 0.25) is 5.02 Å². The SMILES string of the molecule is O=C(NCCc1cccs1)c1ccc(Cl)cc1O. The molecule has 0 bridgehead atoms. The molecular formula is C13H12ClNO2S. The van der Waals surface area contributed by atoms with Gasteiger partial charge in [-0.25, -0.2) is 0 Å². The van der Waals surface area contributed by atoms with Gasteiger partial charge in [0.05, 0.1) is 5.56 Å². The van der Waals surface area contributed by atoms with E-state index in [2.05, 4.69) is 5.32 Å². The molecule has 1 heterocycles.